The molecular weight excluding hydrogens is 262 g/mol. The third-order valence-corrected chi connectivity index (χ3v) is 3.26. The first-order chi connectivity index (χ1) is 9.24. The highest BCUT2D eigenvalue weighted by Crippen LogP contribution is 2.28. The van der Waals surface area contributed by atoms with Gasteiger partial charge in [0.2, 0.25) is 0 Å². The summed E-state index contributed by atoms with van der Waals surface area (Å²) in [5.41, 5.74) is -0.617. The lowest BCUT2D eigenvalue weighted by Crippen LogP contribution is -2.43. The van der Waals surface area contributed by atoms with E-state index in [4.69, 9.17) is 9.47 Å². The Labute approximate surface area is 120 Å². The van der Waals surface area contributed by atoms with Gasteiger partial charge in [0, 0.05) is 20.3 Å². The Kier molecular flexibility index (Phi) is 5.80. The molecule has 116 valence electrons. The van der Waals surface area contributed by atoms with Crippen LogP contribution in [0.1, 0.15) is 40.0 Å². The van der Waals surface area contributed by atoms with Crippen LogP contribution in [0.25, 0.3) is 0 Å². The Morgan fingerprint density at radius 1 is 1.35 bits per heavy atom. The summed E-state index contributed by atoms with van der Waals surface area (Å²) in [6.07, 6.45) is 1.67. The molecule has 0 aromatic carbocycles. The van der Waals surface area contributed by atoms with Gasteiger partial charge in [0.1, 0.15) is 11.6 Å². The predicted molar refractivity (Wildman–Crippen MR) is 73.6 cm³/mol. The Bertz CT molecular complexity index is 350. The molecule has 0 spiro atoms. The second-order valence-corrected chi connectivity index (χ2v) is 6.22. The number of carboxylic acids is 1. The van der Waals surface area contributed by atoms with E-state index in [-0.39, 0.29) is 5.92 Å². The van der Waals surface area contributed by atoms with Gasteiger partial charge in [-0.05, 0) is 46.0 Å². The number of amides is 1. The van der Waals surface area contributed by atoms with Crippen LogP contribution in [0.3, 0.4) is 0 Å². The van der Waals surface area contributed by atoms with Crippen molar-refractivity contribution in [2.75, 3.05) is 20.3 Å². The summed E-state index contributed by atoms with van der Waals surface area (Å²) in [6, 6.07) is -0.780. The van der Waals surface area contributed by atoms with Crippen LogP contribution >= 0.6 is 0 Å². The van der Waals surface area contributed by atoms with Gasteiger partial charge in [-0.3, -0.25) is 4.90 Å². The first-order valence-corrected chi connectivity index (χ1v) is 6.96. The Hall–Kier alpha value is -1.30. The van der Waals surface area contributed by atoms with Crippen LogP contribution < -0.4 is 0 Å². The Morgan fingerprint density at radius 2 is 2.00 bits per heavy atom. The maximum Gasteiger partial charge on any atom is 0.411 e. The molecule has 0 bridgehead atoms. The van der Waals surface area contributed by atoms with Crippen molar-refractivity contribution in [1.29, 1.82) is 0 Å². The summed E-state index contributed by atoms with van der Waals surface area (Å²) < 4.78 is 10.3. The van der Waals surface area contributed by atoms with E-state index in [1.54, 1.807) is 27.9 Å². The van der Waals surface area contributed by atoms with Crippen LogP contribution in [0.2, 0.25) is 0 Å². The topological polar surface area (TPSA) is 76.1 Å². The fraction of sp³-hybridized carbons (Fsp3) is 0.857. The third-order valence-electron chi connectivity index (χ3n) is 3.26. The average Bonchev–Trinajstić information content (AvgIpc) is 2.71. The molecule has 1 heterocycles. The molecule has 20 heavy (non-hydrogen) atoms. The number of carboxylic acid groups (broad SMARTS) is 1. The summed E-state index contributed by atoms with van der Waals surface area (Å²) in [7, 11) is 1.64. The van der Waals surface area contributed by atoms with Gasteiger partial charge >= 0.3 is 12.1 Å². The van der Waals surface area contributed by atoms with Gasteiger partial charge in [-0.15, -0.1) is 0 Å². The number of aliphatic carboxylic acids is 1. The van der Waals surface area contributed by atoms with Crippen LogP contribution in [0.5, 0.6) is 0 Å². The minimum Gasteiger partial charge on any atom is -0.480 e. The molecular formula is C14H25NO5. The van der Waals surface area contributed by atoms with E-state index in [0.717, 1.165) is 12.8 Å². The molecule has 1 aliphatic rings. The van der Waals surface area contributed by atoms with Gasteiger partial charge in [0.05, 0.1) is 0 Å². The second kappa shape index (κ2) is 6.92. The summed E-state index contributed by atoms with van der Waals surface area (Å²) in [5, 5.41) is 9.25. The van der Waals surface area contributed by atoms with Gasteiger partial charge in [-0.25, -0.2) is 9.59 Å². The summed E-state index contributed by atoms with van der Waals surface area (Å²) in [6.45, 7) is 6.41. The summed E-state index contributed by atoms with van der Waals surface area (Å²) >= 11 is 0. The van der Waals surface area contributed by atoms with Crippen LogP contribution in [-0.4, -0.2) is 54.0 Å². The fourth-order valence-corrected chi connectivity index (χ4v) is 2.40. The lowest BCUT2D eigenvalue weighted by molar-refractivity contribution is -0.142. The van der Waals surface area contributed by atoms with Gasteiger partial charge in [-0.1, -0.05) is 0 Å². The van der Waals surface area contributed by atoms with Crippen molar-refractivity contribution >= 4 is 12.1 Å². The molecule has 0 aromatic heterocycles. The summed E-state index contributed by atoms with van der Waals surface area (Å²) in [4.78, 5) is 24.7. The quantitative estimate of drug-likeness (QED) is 0.784. The molecule has 1 amide bonds. The Balaban J connectivity index is 2.63. The van der Waals surface area contributed by atoms with Gasteiger partial charge in [0.25, 0.3) is 0 Å². The van der Waals surface area contributed by atoms with Crippen LogP contribution in [0.15, 0.2) is 0 Å². The predicted octanol–water partition coefficient (Wildman–Crippen LogP) is 2.12. The molecule has 2 atom stereocenters. The number of nitrogens with zero attached hydrogens (tertiary/aromatic N) is 1. The van der Waals surface area contributed by atoms with E-state index < -0.39 is 23.7 Å². The smallest absolute Gasteiger partial charge is 0.411 e. The highest BCUT2D eigenvalue weighted by atomic mass is 16.6. The normalized spacial score (nSPS) is 22.9. The zero-order valence-corrected chi connectivity index (χ0v) is 12.7. The molecule has 0 unspecified atom stereocenters. The number of methoxy groups -OCH3 is 1. The first kappa shape index (κ1) is 16.8. The van der Waals surface area contributed by atoms with Crippen molar-refractivity contribution in [3.63, 3.8) is 0 Å². The van der Waals surface area contributed by atoms with Crippen molar-refractivity contribution in [2.45, 2.75) is 51.7 Å². The largest absolute Gasteiger partial charge is 0.480 e. The van der Waals surface area contributed by atoms with E-state index >= 15 is 0 Å². The molecule has 1 rings (SSSR count). The van der Waals surface area contributed by atoms with Crippen molar-refractivity contribution < 1.29 is 24.2 Å². The molecule has 1 fully saturated rings. The lowest BCUT2D eigenvalue weighted by atomic mass is 10.0. The van der Waals surface area contributed by atoms with E-state index in [0.29, 0.717) is 19.6 Å². The highest BCUT2D eigenvalue weighted by Gasteiger charge is 2.41. The molecule has 0 aromatic rings. The number of likely N-dealkylation sites (tertiary alicyclic amines) is 1. The van der Waals surface area contributed by atoms with E-state index in [1.165, 1.54) is 4.90 Å². The number of rotatable bonds is 5. The van der Waals surface area contributed by atoms with E-state index in [1.807, 2.05) is 0 Å². The number of carbonyl (C=O) groups is 2. The zero-order valence-electron chi connectivity index (χ0n) is 12.7. The molecule has 0 radical (unpaired) electrons. The molecule has 6 heteroatoms. The molecule has 1 aliphatic heterocycles. The van der Waals surface area contributed by atoms with E-state index in [9.17, 15) is 14.7 Å². The fourth-order valence-electron chi connectivity index (χ4n) is 2.40. The van der Waals surface area contributed by atoms with E-state index in [2.05, 4.69) is 0 Å². The monoisotopic (exact) mass is 287 g/mol. The third kappa shape index (κ3) is 5.00. The second-order valence-electron chi connectivity index (χ2n) is 6.22. The molecule has 1 saturated heterocycles. The number of hydrogen-bond donors (Lipinski definition) is 1. The molecule has 0 saturated carbocycles. The molecule has 6 nitrogen and oxygen atoms in total. The highest BCUT2D eigenvalue weighted by molar-refractivity contribution is 5.80. The number of carbonyl (C=O) groups excluding carboxylic acids is 1. The molecule has 0 aliphatic carbocycles. The van der Waals surface area contributed by atoms with Crippen LogP contribution in [0, 0.1) is 5.92 Å². The maximum atomic E-state index is 12.1. The van der Waals surface area contributed by atoms with Crippen LogP contribution in [-0.2, 0) is 14.3 Å². The van der Waals surface area contributed by atoms with Crippen molar-refractivity contribution in [3.05, 3.63) is 0 Å². The van der Waals surface area contributed by atoms with Crippen molar-refractivity contribution in [3.8, 4) is 0 Å². The minimum atomic E-state index is -0.967. The van der Waals surface area contributed by atoms with Gasteiger partial charge in [-0.2, -0.15) is 0 Å². The number of ether oxygens (including phenoxy) is 2. The Morgan fingerprint density at radius 3 is 2.50 bits per heavy atom. The number of hydrogen-bond acceptors (Lipinski definition) is 4. The van der Waals surface area contributed by atoms with Crippen LogP contribution in [0.4, 0.5) is 4.79 Å². The lowest BCUT2D eigenvalue weighted by Gasteiger charge is -2.26. The zero-order chi connectivity index (χ0) is 15.3. The maximum absolute atomic E-state index is 12.1. The minimum absolute atomic E-state index is 0.193. The standard InChI is InChI=1S/C14H25NO5/c1-14(2,3)20-13(18)15-9-10(6-5-7-19-4)8-11(15)12(16)17/h10-11H,5-9H2,1-4H3,(H,16,17)/t10-,11+/m1/s1. The van der Waals surface area contributed by atoms with Crippen molar-refractivity contribution in [1.82, 2.24) is 4.90 Å². The average molecular weight is 287 g/mol. The SMILES string of the molecule is COCCC[C@@H]1C[C@@H](C(=O)O)N(C(=O)OC(C)(C)C)C1. The van der Waals surface area contributed by atoms with Crippen molar-refractivity contribution in [2.24, 2.45) is 5.92 Å². The molecule has 1 N–H and O–H groups in total. The summed E-state index contributed by atoms with van der Waals surface area (Å²) in [5.74, 6) is -0.774. The first-order valence-electron chi connectivity index (χ1n) is 6.96. The van der Waals surface area contributed by atoms with Gasteiger partial charge in [0.15, 0.2) is 0 Å². The van der Waals surface area contributed by atoms with Gasteiger partial charge < -0.3 is 14.6 Å².